The Morgan fingerprint density at radius 2 is 1.91 bits per heavy atom. The van der Waals surface area contributed by atoms with Crippen LogP contribution in [0.15, 0.2) is 34.7 Å². The summed E-state index contributed by atoms with van der Waals surface area (Å²) in [4.78, 5) is 19.1. The number of nitrogens with one attached hydrogen (secondary N) is 1. The number of pyridine rings is 1. The van der Waals surface area contributed by atoms with Gasteiger partial charge < -0.3 is 14.6 Å². The number of hydrogen-bond acceptors (Lipinski definition) is 7. The molecule has 5 rings (SSSR count). The van der Waals surface area contributed by atoms with E-state index in [1.54, 1.807) is 18.2 Å². The first-order valence-corrected chi connectivity index (χ1v) is 11.3. The number of carbonyl (C=O) groups is 1. The van der Waals surface area contributed by atoms with Gasteiger partial charge in [-0.2, -0.15) is 0 Å². The fraction of sp³-hybridized carbons (Fsp3) is 0.455. The molecule has 8 nitrogen and oxygen atoms in total. The summed E-state index contributed by atoms with van der Waals surface area (Å²) >= 11 is 6.00. The van der Waals surface area contributed by atoms with E-state index < -0.39 is 12.5 Å². The van der Waals surface area contributed by atoms with Crippen molar-refractivity contribution in [3.8, 4) is 0 Å². The van der Waals surface area contributed by atoms with Crippen LogP contribution in [0.25, 0.3) is 10.9 Å². The smallest absolute Gasteiger partial charge is 0.408 e. The maximum Gasteiger partial charge on any atom is 0.522 e. The Kier molecular flexibility index (Phi) is 6.07. The van der Waals surface area contributed by atoms with Crippen molar-refractivity contribution in [3.63, 3.8) is 0 Å². The molecule has 1 saturated heterocycles. The zero-order chi connectivity index (χ0) is 23.9. The van der Waals surface area contributed by atoms with Crippen LogP contribution in [-0.2, 0) is 9.53 Å². The van der Waals surface area contributed by atoms with Crippen molar-refractivity contribution < 1.29 is 27.1 Å². The summed E-state index contributed by atoms with van der Waals surface area (Å²) in [6.07, 6.45) is -3.93. The van der Waals surface area contributed by atoms with Gasteiger partial charge in [-0.1, -0.05) is 16.7 Å². The molecule has 1 aromatic carbocycles. The molecule has 0 bridgehead atoms. The van der Waals surface area contributed by atoms with Gasteiger partial charge in [0.15, 0.2) is 0 Å². The van der Waals surface area contributed by atoms with Gasteiger partial charge in [0, 0.05) is 35.3 Å². The number of ether oxygens (including phenoxy) is 1. The fourth-order valence-corrected chi connectivity index (χ4v) is 4.48. The summed E-state index contributed by atoms with van der Waals surface area (Å²) in [6.45, 7) is 1.10. The van der Waals surface area contributed by atoms with Gasteiger partial charge in [-0.15, -0.1) is 18.3 Å². The van der Waals surface area contributed by atoms with E-state index in [4.69, 9.17) is 16.0 Å². The Balaban J connectivity index is 1.12. The molecular weight excluding hydrogens is 475 g/mol. The van der Waals surface area contributed by atoms with Crippen LogP contribution < -0.4 is 10.2 Å². The van der Waals surface area contributed by atoms with E-state index in [1.807, 2.05) is 17.0 Å². The second-order valence-electron chi connectivity index (χ2n) is 8.56. The first kappa shape index (κ1) is 22.9. The number of hydrogen-bond donors (Lipinski definition) is 1. The van der Waals surface area contributed by atoms with E-state index in [9.17, 15) is 18.0 Å². The van der Waals surface area contributed by atoms with E-state index in [-0.39, 0.29) is 30.6 Å². The molecule has 1 aliphatic carbocycles. The standard InChI is InChI=1S/C22H21ClF3N5O3/c23-15-2-3-17-13(9-15)1-4-18(27-17)28-19(32)12-5-7-31(8-6-12)21-30-29-20(33-21)14-10-16(11-14)34-22(24,25)26/h1-4,9,12,14,16H,5-8,10-11H2,(H,27,28,32)/t14-,16+. The summed E-state index contributed by atoms with van der Waals surface area (Å²) in [5.74, 6) is 0.283. The van der Waals surface area contributed by atoms with Crippen molar-refractivity contribution in [2.75, 3.05) is 23.3 Å². The number of fused-ring (bicyclic) bond motifs is 1. The fourth-order valence-electron chi connectivity index (χ4n) is 4.30. The molecule has 0 atom stereocenters. The lowest BCUT2D eigenvalue weighted by atomic mass is 9.82. The lowest BCUT2D eigenvalue weighted by Crippen LogP contribution is -2.38. The quantitative estimate of drug-likeness (QED) is 0.537. The van der Waals surface area contributed by atoms with Crippen molar-refractivity contribution in [1.29, 1.82) is 0 Å². The van der Waals surface area contributed by atoms with Crippen molar-refractivity contribution >= 4 is 40.2 Å². The number of halogens is 4. The van der Waals surface area contributed by atoms with Crippen LogP contribution in [0.4, 0.5) is 25.0 Å². The highest BCUT2D eigenvalue weighted by atomic mass is 35.5. The highest BCUT2D eigenvalue weighted by Gasteiger charge is 2.42. The second-order valence-corrected chi connectivity index (χ2v) is 9.00. The zero-order valence-corrected chi connectivity index (χ0v) is 18.6. The molecule has 1 saturated carbocycles. The minimum Gasteiger partial charge on any atom is -0.408 e. The molecule has 0 spiro atoms. The number of aromatic nitrogens is 3. The van der Waals surface area contributed by atoms with Crippen molar-refractivity contribution in [1.82, 2.24) is 15.2 Å². The summed E-state index contributed by atoms with van der Waals surface area (Å²) in [5.41, 5.74) is 0.743. The van der Waals surface area contributed by atoms with Crippen LogP contribution in [0.1, 0.15) is 37.5 Å². The number of anilines is 2. The maximum atomic E-state index is 12.7. The summed E-state index contributed by atoms with van der Waals surface area (Å²) in [5, 5.41) is 12.4. The predicted molar refractivity (Wildman–Crippen MR) is 118 cm³/mol. The topological polar surface area (TPSA) is 93.4 Å². The van der Waals surface area contributed by atoms with Crippen LogP contribution in [0.5, 0.6) is 0 Å². The lowest BCUT2D eigenvalue weighted by Gasteiger charge is -2.33. The minimum absolute atomic E-state index is 0.100. The van der Waals surface area contributed by atoms with Crippen molar-refractivity contribution in [2.45, 2.75) is 44.1 Å². The Morgan fingerprint density at radius 1 is 1.15 bits per heavy atom. The average Bonchev–Trinajstić information content (AvgIpc) is 3.25. The van der Waals surface area contributed by atoms with Crippen LogP contribution >= 0.6 is 11.6 Å². The average molecular weight is 496 g/mol. The molecule has 3 aromatic rings. The second kappa shape index (κ2) is 9.03. The normalized spacial score (nSPS) is 21.5. The number of nitrogens with zero attached hydrogens (tertiary/aromatic N) is 4. The molecule has 3 heterocycles. The molecule has 180 valence electrons. The van der Waals surface area contributed by atoms with Crippen LogP contribution in [0.2, 0.25) is 5.02 Å². The number of alkyl halides is 3. The molecule has 34 heavy (non-hydrogen) atoms. The Bertz CT molecular complexity index is 1190. The number of carbonyl (C=O) groups excluding carboxylic acids is 1. The van der Waals surface area contributed by atoms with Crippen LogP contribution in [0, 0.1) is 5.92 Å². The van der Waals surface area contributed by atoms with Gasteiger partial charge in [-0.3, -0.25) is 9.53 Å². The summed E-state index contributed by atoms with van der Waals surface area (Å²) in [7, 11) is 0. The molecule has 1 aliphatic heterocycles. The molecule has 2 fully saturated rings. The van der Waals surface area contributed by atoms with E-state index in [1.165, 1.54) is 0 Å². The van der Waals surface area contributed by atoms with E-state index >= 15 is 0 Å². The van der Waals surface area contributed by atoms with Gasteiger partial charge in [0.1, 0.15) is 5.82 Å². The van der Waals surface area contributed by atoms with Crippen LogP contribution in [-0.4, -0.2) is 46.6 Å². The van der Waals surface area contributed by atoms with Gasteiger partial charge in [0.05, 0.1) is 11.6 Å². The van der Waals surface area contributed by atoms with E-state index in [2.05, 4.69) is 25.2 Å². The van der Waals surface area contributed by atoms with Gasteiger partial charge in [0.2, 0.25) is 11.8 Å². The van der Waals surface area contributed by atoms with Gasteiger partial charge >= 0.3 is 12.4 Å². The third kappa shape index (κ3) is 5.10. The van der Waals surface area contributed by atoms with Crippen molar-refractivity contribution in [2.24, 2.45) is 5.92 Å². The molecule has 1 N–H and O–H groups in total. The summed E-state index contributed by atoms with van der Waals surface area (Å²) < 4.78 is 46.5. The van der Waals surface area contributed by atoms with E-state index in [0.717, 1.165) is 10.9 Å². The predicted octanol–water partition coefficient (Wildman–Crippen LogP) is 4.91. The highest BCUT2D eigenvalue weighted by molar-refractivity contribution is 6.31. The highest BCUT2D eigenvalue weighted by Crippen LogP contribution is 2.41. The number of rotatable bonds is 5. The molecule has 2 aromatic heterocycles. The first-order chi connectivity index (χ1) is 16.2. The molecule has 0 radical (unpaired) electrons. The monoisotopic (exact) mass is 495 g/mol. The van der Waals surface area contributed by atoms with E-state index in [0.29, 0.717) is 48.7 Å². The van der Waals surface area contributed by atoms with Gasteiger partial charge in [-0.25, -0.2) is 4.98 Å². The number of piperidine rings is 1. The SMILES string of the molecule is O=C(Nc1ccc2cc(Cl)ccc2n1)C1CCN(c2nnc([C@H]3C[C@@H](OC(F)(F)F)C3)o2)CC1. The largest absolute Gasteiger partial charge is 0.522 e. The maximum absolute atomic E-state index is 12.7. The minimum atomic E-state index is -4.63. The van der Waals surface area contributed by atoms with Gasteiger partial charge in [-0.05, 0) is 56.0 Å². The third-order valence-electron chi connectivity index (χ3n) is 6.21. The van der Waals surface area contributed by atoms with Crippen LogP contribution in [0.3, 0.4) is 0 Å². The number of benzene rings is 1. The zero-order valence-electron chi connectivity index (χ0n) is 17.9. The lowest BCUT2D eigenvalue weighted by molar-refractivity contribution is -0.352. The number of amides is 1. The molecule has 1 amide bonds. The molecule has 12 heteroatoms. The Morgan fingerprint density at radius 3 is 2.65 bits per heavy atom. The van der Waals surface area contributed by atoms with Crippen molar-refractivity contribution in [3.05, 3.63) is 41.2 Å². The van der Waals surface area contributed by atoms with Gasteiger partial charge in [0.25, 0.3) is 0 Å². The Labute approximate surface area is 197 Å². The summed E-state index contributed by atoms with van der Waals surface area (Å²) in [6, 6.07) is 9.30. The first-order valence-electron chi connectivity index (χ1n) is 10.9. The Hall–Kier alpha value is -2.92. The molecule has 0 unspecified atom stereocenters. The molecular formula is C22H21ClF3N5O3. The third-order valence-corrected chi connectivity index (χ3v) is 6.45. The molecule has 2 aliphatic rings.